The fraction of sp³-hybridized carbons (Fsp3) is 0.190. The molecule has 0 aromatic heterocycles. The predicted molar refractivity (Wildman–Crippen MR) is 105 cm³/mol. The van der Waals surface area contributed by atoms with Crippen LogP contribution in [0.25, 0.3) is 0 Å². The number of hydrogen-bond acceptors (Lipinski definition) is 4. The van der Waals surface area contributed by atoms with Crippen LogP contribution in [-0.2, 0) is 4.79 Å². The Balaban J connectivity index is 1.81. The Bertz CT molecular complexity index is 941. The van der Waals surface area contributed by atoms with Gasteiger partial charge in [-0.25, -0.2) is 9.98 Å². The minimum atomic E-state index is -0.0780. The first-order valence-electron chi connectivity index (χ1n) is 8.74. The third-order valence-corrected chi connectivity index (χ3v) is 4.29. The van der Waals surface area contributed by atoms with Crippen molar-refractivity contribution < 1.29 is 4.79 Å². The van der Waals surface area contributed by atoms with Gasteiger partial charge in [0, 0.05) is 18.3 Å². The van der Waals surface area contributed by atoms with Crippen LogP contribution in [0, 0.1) is 5.92 Å². The van der Waals surface area contributed by atoms with Gasteiger partial charge in [-0.1, -0.05) is 56.3 Å². The maximum atomic E-state index is 13.2. The fourth-order valence-corrected chi connectivity index (χ4v) is 3.10. The Hall–Kier alpha value is -3.21. The molecule has 2 aromatic rings. The van der Waals surface area contributed by atoms with E-state index in [4.69, 9.17) is 4.99 Å². The van der Waals surface area contributed by atoms with Crippen LogP contribution >= 0.6 is 0 Å². The SMILES string of the molecule is CC(C)CN1C(=O)C2=CN=C(c3ccccc3)NC2=Nc2ccccc21. The highest BCUT2D eigenvalue weighted by molar-refractivity contribution is 6.32. The van der Waals surface area contributed by atoms with Crippen LogP contribution in [0.2, 0.25) is 0 Å². The van der Waals surface area contributed by atoms with Crippen LogP contribution in [0.5, 0.6) is 0 Å². The van der Waals surface area contributed by atoms with Crippen LogP contribution in [-0.4, -0.2) is 24.1 Å². The van der Waals surface area contributed by atoms with Gasteiger partial charge in [-0.3, -0.25) is 4.79 Å². The quantitative estimate of drug-likeness (QED) is 0.924. The number of nitrogens with zero attached hydrogens (tertiary/aromatic N) is 3. The summed E-state index contributed by atoms with van der Waals surface area (Å²) in [6, 6.07) is 17.6. The molecule has 2 aliphatic heterocycles. The van der Waals surface area contributed by atoms with Crippen molar-refractivity contribution >= 4 is 29.0 Å². The minimum absolute atomic E-state index is 0.0780. The normalized spacial score (nSPS) is 16.0. The topological polar surface area (TPSA) is 57.1 Å². The highest BCUT2D eigenvalue weighted by Crippen LogP contribution is 2.33. The van der Waals surface area contributed by atoms with Gasteiger partial charge < -0.3 is 10.2 Å². The number of carbonyl (C=O) groups excluding carboxylic acids is 1. The number of benzene rings is 2. The third kappa shape index (κ3) is 2.92. The van der Waals surface area contributed by atoms with Gasteiger partial charge in [0.2, 0.25) is 0 Å². The van der Waals surface area contributed by atoms with Gasteiger partial charge in [0.25, 0.3) is 5.91 Å². The highest BCUT2D eigenvalue weighted by Gasteiger charge is 2.31. The lowest BCUT2D eigenvalue weighted by molar-refractivity contribution is -0.114. The Kier molecular flexibility index (Phi) is 4.13. The van der Waals surface area contributed by atoms with Crippen molar-refractivity contribution in [2.45, 2.75) is 13.8 Å². The molecule has 2 heterocycles. The molecule has 0 aliphatic carbocycles. The molecule has 0 spiro atoms. The van der Waals surface area contributed by atoms with Crippen molar-refractivity contribution in [3.05, 3.63) is 71.9 Å². The average Bonchev–Trinajstić information content (AvgIpc) is 2.77. The summed E-state index contributed by atoms with van der Waals surface area (Å²) in [5.74, 6) is 1.50. The summed E-state index contributed by atoms with van der Waals surface area (Å²) < 4.78 is 0. The number of carbonyl (C=O) groups is 1. The molecule has 0 saturated carbocycles. The Morgan fingerprint density at radius 3 is 2.50 bits per heavy atom. The van der Waals surface area contributed by atoms with Gasteiger partial charge in [-0.15, -0.1) is 0 Å². The van der Waals surface area contributed by atoms with Crippen molar-refractivity contribution in [1.29, 1.82) is 0 Å². The van der Waals surface area contributed by atoms with Crippen molar-refractivity contribution in [3.63, 3.8) is 0 Å². The molecule has 0 bridgehead atoms. The average molecular weight is 344 g/mol. The molecule has 0 atom stereocenters. The summed E-state index contributed by atoms with van der Waals surface area (Å²) in [5.41, 5.74) is 3.05. The van der Waals surface area contributed by atoms with Crippen LogP contribution in [0.1, 0.15) is 19.4 Å². The van der Waals surface area contributed by atoms with Crippen LogP contribution in [0.15, 0.2) is 76.4 Å². The number of anilines is 1. The van der Waals surface area contributed by atoms with Gasteiger partial charge in [0.15, 0.2) is 0 Å². The molecule has 130 valence electrons. The zero-order valence-electron chi connectivity index (χ0n) is 14.8. The second-order valence-electron chi connectivity index (χ2n) is 6.77. The van der Waals surface area contributed by atoms with Crippen molar-refractivity contribution in [3.8, 4) is 0 Å². The number of para-hydroxylation sites is 2. The zero-order valence-corrected chi connectivity index (χ0v) is 14.8. The van der Waals surface area contributed by atoms with Crippen molar-refractivity contribution in [2.75, 3.05) is 11.4 Å². The van der Waals surface area contributed by atoms with Crippen LogP contribution < -0.4 is 10.2 Å². The number of nitrogens with one attached hydrogen (secondary N) is 1. The monoisotopic (exact) mass is 344 g/mol. The lowest BCUT2D eigenvalue weighted by Crippen LogP contribution is -2.42. The van der Waals surface area contributed by atoms with E-state index in [-0.39, 0.29) is 5.91 Å². The molecule has 0 fully saturated rings. The first-order valence-corrected chi connectivity index (χ1v) is 8.74. The molecular formula is C21H20N4O. The minimum Gasteiger partial charge on any atom is -0.324 e. The summed E-state index contributed by atoms with van der Waals surface area (Å²) in [4.78, 5) is 24.2. The van der Waals surface area contributed by atoms with Crippen LogP contribution in [0.3, 0.4) is 0 Å². The van der Waals surface area contributed by atoms with E-state index in [1.165, 1.54) is 0 Å². The molecule has 0 saturated heterocycles. The highest BCUT2D eigenvalue weighted by atomic mass is 16.2. The zero-order chi connectivity index (χ0) is 18.1. The lowest BCUT2D eigenvalue weighted by Gasteiger charge is -2.25. The van der Waals surface area contributed by atoms with E-state index in [1.54, 1.807) is 11.1 Å². The number of aliphatic imine (C=N–C) groups is 2. The van der Waals surface area contributed by atoms with Gasteiger partial charge in [0.05, 0.1) is 11.4 Å². The molecule has 4 rings (SSSR count). The number of rotatable bonds is 3. The molecule has 1 amide bonds. The summed E-state index contributed by atoms with van der Waals surface area (Å²) in [6.45, 7) is 4.83. The van der Waals surface area contributed by atoms with E-state index in [9.17, 15) is 4.79 Å². The summed E-state index contributed by atoms with van der Waals surface area (Å²) >= 11 is 0. The van der Waals surface area contributed by atoms with E-state index in [0.717, 1.165) is 16.9 Å². The lowest BCUT2D eigenvalue weighted by atomic mass is 10.1. The number of fused-ring (bicyclic) bond motifs is 2. The largest absolute Gasteiger partial charge is 0.324 e. The fourth-order valence-electron chi connectivity index (χ4n) is 3.10. The van der Waals surface area contributed by atoms with E-state index < -0.39 is 0 Å². The maximum absolute atomic E-state index is 13.2. The van der Waals surface area contributed by atoms with Gasteiger partial charge in [0.1, 0.15) is 17.2 Å². The molecule has 2 aromatic carbocycles. The third-order valence-electron chi connectivity index (χ3n) is 4.29. The smallest absolute Gasteiger partial charge is 0.263 e. The molecule has 0 radical (unpaired) electrons. The summed E-state index contributed by atoms with van der Waals surface area (Å²) in [7, 11) is 0. The first kappa shape index (κ1) is 16.3. The predicted octanol–water partition coefficient (Wildman–Crippen LogP) is 3.65. The summed E-state index contributed by atoms with van der Waals surface area (Å²) in [6.07, 6.45) is 1.62. The Morgan fingerprint density at radius 1 is 1.00 bits per heavy atom. The van der Waals surface area contributed by atoms with E-state index >= 15 is 0 Å². The molecular weight excluding hydrogens is 324 g/mol. The second-order valence-corrected chi connectivity index (χ2v) is 6.77. The van der Waals surface area contributed by atoms with Crippen molar-refractivity contribution in [1.82, 2.24) is 5.32 Å². The second kappa shape index (κ2) is 6.59. The number of amidine groups is 2. The summed E-state index contributed by atoms with van der Waals surface area (Å²) in [5, 5.41) is 3.24. The molecule has 26 heavy (non-hydrogen) atoms. The maximum Gasteiger partial charge on any atom is 0.263 e. The van der Waals surface area contributed by atoms with Gasteiger partial charge in [-0.2, -0.15) is 0 Å². The van der Waals surface area contributed by atoms with E-state index in [1.807, 2.05) is 54.6 Å². The molecule has 2 aliphatic rings. The van der Waals surface area contributed by atoms with E-state index in [0.29, 0.717) is 29.7 Å². The molecule has 5 heteroatoms. The Morgan fingerprint density at radius 2 is 1.73 bits per heavy atom. The standard InChI is InChI=1S/C21H20N4O/c1-14(2)13-25-18-11-7-6-10-17(18)23-20-16(21(25)26)12-22-19(24-20)15-8-4-3-5-9-15/h3-12,14H,13H2,1-2H3,(H,22,23,24). The number of amides is 1. The molecule has 5 nitrogen and oxygen atoms in total. The van der Waals surface area contributed by atoms with Crippen LogP contribution in [0.4, 0.5) is 11.4 Å². The van der Waals surface area contributed by atoms with Crippen molar-refractivity contribution in [2.24, 2.45) is 15.9 Å². The molecule has 1 N–H and O–H groups in total. The van der Waals surface area contributed by atoms with Gasteiger partial charge >= 0.3 is 0 Å². The first-order chi connectivity index (χ1) is 12.6. The number of hydrogen-bond donors (Lipinski definition) is 1. The Labute approximate surface area is 152 Å². The van der Waals surface area contributed by atoms with Gasteiger partial charge in [-0.05, 0) is 18.1 Å². The molecule has 0 unspecified atom stereocenters. The van der Waals surface area contributed by atoms with E-state index in [2.05, 4.69) is 24.2 Å².